The molecule has 1 fully saturated rings. The lowest BCUT2D eigenvalue weighted by molar-refractivity contribution is 0.206. The zero-order valence-corrected chi connectivity index (χ0v) is 15.4. The molecule has 0 saturated carbocycles. The van der Waals surface area contributed by atoms with E-state index in [1.165, 1.54) is 17.7 Å². The predicted octanol–water partition coefficient (Wildman–Crippen LogP) is 4.26. The minimum absolute atomic E-state index is 0.109. The van der Waals surface area contributed by atoms with Crippen LogP contribution in [0.15, 0.2) is 42.5 Å². The third-order valence-electron chi connectivity index (χ3n) is 4.70. The molecule has 0 aromatic heterocycles. The van der Waals surface area contributed by atoms with Crippen LogP contribution in [0.2, 0.25) is 5.02 Å². The number of hydrogen-bond acceptors (Lipinski definition) is 2. The summed E-state index contributed by atoms with van der Waals surface area (Å²) in [5.41, 5.74) is 1.95. The number of carbonyl (C=O) groups is 1. The van der Waals surface area contributed by atoms with Crippen LogP contribution >= 0.6 is 11.6 Å². The Balaban J connectivity index is 1.48. The van der Waals surface area contributed by atoms with Gasteiger partial charge in [-0.2, -0.15) is 0 Å². The number of rotatable bonds is 5. The molecule has 6 heteroatoms. The van der Waals surface area contributed by atoms with Crippen LogP contribution in [0, 0.1) is 11.7 Å². The second kappa shape index (κ2) is 8.41. The number of carbonyl (C=O) groups excluding carboxylic acids is 1. The van der Waals surface area contributed by atoms with Crippen molar-refractivity contribution in [2.75, 3.05) is 20.2 Å². The van der Waals surface area contributed by atoms with Gasteiger partial charge < -0.3 is 15.0 Å². The highest BCUT2D eigenvalue weighted by molar-refractivity contribution is 6.31. The first-order valence-electron chi connectivity index (χ1n) is 8.65. The molecule has 2 amide bonds. The maximum Gasteiger partial charge on any atom is 0.317 e. The van der Waals surface area contributed by atoms with Gasteiger partial charge in [-0.05, 0) is 54.2 Å². The van der Waals surface area contributed by atoms with E-state index in [4.69, 9.17) is 16.3 Å². The van der Waals surface area contributed by atoms with E-state index in [9.17, 15) is 9.18 Å². The van der Waals surface area contributed by atoms with Crippen molar-refractivity contribution in [2.45, 2.75) is 19.4 Å². The van der Waals surface area contributed by atoms with Gasteiger partial charge in [-0.15, -0.1) is 0 Å². The van der Waals surface area contributed by atoms with Gasteiger partial charge in [-0.25, -0.2) is 9.18 Å². The number of amides is 2. The van der Waals surface area contributed by atoms with Gasteiger partial charge in [-0.3, -0.25) is 0 Å². The summed E-state index contributed by atoms with van der Waals surface area (Å²) in [4.78, 5) is 14.2. The molecule has 1 unspecified atom stereocenters. The number of nitrogens with zero attached hydrogens (tertiary/aromatic N) is 1. The number of likely N-dealkylation sites (tertiary alicyclic amines) is 1. The molecule has 1 aliphatic rings. The average Bonchev–Trinajstić information content (AvgIpc) is 3.10. The van der Waals surface area contributed by atoms with Gasteiger partial charge in [-0.1, -0.05) is 29.8 Å². The molecule has 1 atom stereocenters. The van der Waals surface area contributed by atoms with Gasteiger partial charge in [0, 0.05) is 24.7 Å². The van der Waals surface area contributed by atoms with Gasteiger partial charge in [0.2, 0.25) is 0 Å². The molecule has 0 bridgehead atoms. The quantitative estimate of drug-likeness (QED) is 0.847. The standard InChI is InChI=1S/C20H22ClFN2O2/c1-26-18-6-2-14(3-7-18)10-15-8-9-24(13-15)20(25)23-12-16-4-5-17(22)11-19(16)21/h2-7,11,15H,8-10,12-13H2,1H3,(H,23,25). The van der Waals surface area contributed by atoms with Gasteiger partial charge >= 0.3 is 6.03 Å². The highest BCUT2D eigenvalue weighted by Crippen LogP contribution is 2.23. The lowest BCUT2D eigenvalue weighted by atomic mass is 9.99. The SMILES string of the molecule is COc1ccc(CC2CCN(C(=O)NCc3ccc(F)cc3Cl)C2)cc1. The third kappa shape index (κ3) is 4.67. The lowest BCUT2D eigenvalue weighted by Crippen LogP contribution is -2.38. The fraction of sp³-hybridized carbons (Fsp3) is 0.350. The minimum Gasteiger partial charge on any atom is -0.497 e. The molecule has 0 spiro atoms. The highest BCUT2D eigenvalue weighted by Gasteiger charge is 2.26. The number of nitrogens with one attached hydrogen (secondary N) is 1. The van der Waals surface area contributed by atoms with E-state index in [0.717, 1.165) is 31.7 Å². The molecule has 4 nitrogen and oxygen atoms in total. The van der Waals surface area contributed by atoms with Crippen molar-refractivity contribution in [2.24, 2.45) is 5.92 Å². The van der Waals surface area contributed by atoms with E-state index in [1.54, 1.807) is 13.2 Å². The van der Waals surface area contributed by atoms with Crippen LogP contribution in [0.4, 0.5) is 9.18 Å². The molecule has 1 N–H and O–H groups in total. The molecule has 3 rings (SSSR count). The zero-order valence-electron chi connectivity index (χ0n) is 14.7. The first kappa shape index (κ1) is 18.5. The minimum atomic E-state index is -0.383. The topological polar surface area (TPSA) is 41.6 Å². The number of ether oxygens (including phenoxy) is 1. The summed E-state index contributed by atoms with van der Waals surface area (Å²) in [6.45, 7) is 1.76. The molecule has 2 aromatic rings. The number of halogens is 2. The second-order valence-corrected chi connectivity index (χ2v) is 6.95. The summed E-state index contributed by atoms with van der Waals surface area (Å²) in [6.07, 6.45) is 1.92. The maximum absolute atomic E-state index is 13.1. The lowest BCUT2D eigenvalue weighted by Gasteiger charge is -2.18. The Bertz CT molecular complexity index is 767. The van der Waals surface area contributed by atoms with Crippen molar-refractivity contribution in [1.29, 1.82) is 0 Å². The maximum atomic E-state index is 13.1. The fourth-order valence-corrected chi connectivity index (χ4v) is 3.46. The molecule has 0 radical (unpaired) electrons. The van der Waals surface area contributed by atoms with Gasteiger partial charge in [0.15, 0.2) is 0 Å². The Kier molecular flexibility index (Phi) is 5.99. The fourth-order valence-electron chi connectivity index (χ4n) is 3.23. The zero-order chi connectivity index (χ0) is 18.5. The largest absolute Gasteiger partial charge is 0.497 e. The Morgan fingerprint density at radius 1 is 1.31 bits per heavy atom. The van der Waals surface area contributed by atoms with Crippen molar-refractivity contribution >= 4 is 17.6 Å². The van der Waals surface area contributed by atoms with Crippen LogP contribution in [0.5, 0.6) is 5.75 Å². The normalized spacial score (nSPS) is 16.6. The van der Waals surface area contributed by atoms with Crippen LogP contribution in [0.1, 0.15) is 17.5 Å². The van der Waals surface area contributed by atoms with Crippen LogP contribution in [0.25, 0.3) is 0 Å². The number of hydrogen-bond donors (Lipinski definition) is 1. The Labute approximate surface area is 157 Å². The van der Waals surface area contributed by atoms with Gasteiger partial charge in [0.05, 0.1) is 7.11 Å². The van der Waals surface area contributed by atoms with Gasteiger partial charge in [0.1, 0.15) is 11.6 Å². The molecular weight excluding hydrogens is 355 g/mol. The summed E-state index contributed by atoms with van der Waals surface area (Å²) in [5, 5.41) is 3.19. The molecule has 138 valence electrons. The van der Waals surface area contributed by atoms with Crippen LogP contribution in [0.3, 0.4) is 0 Å². The Morgan fingerprint density at radius 3 is 2.77 bits per heavy atom. The molecule has 1 heterocycles. The van der Waals surface area contributed by atoms with Crippen molar-refractivity contribution in [1.82, 2.24) is 10.2 Å². The van der Waals surface area contributed by atoms with E-state index in [0.29, 0.717) is 16.5 Å². The summed E-state index contributed by atoms with van der Waals surface area (Å²) >= 11 is 5.99. The molecule has 0 aliphatic carbocycles. The van der Waals surface area contributed by atoms with Crippen molar-refractivity contribution in [3.63, 3.8) is 0 Å². The van der Waals surface area contributed by atoms with E-state index in [-0.39, 0.29) is 18.4 Å². The molecule has 26 heavy (non-hydrogen) atoms. The van der Waals surface area contributed by atoms with Crippen LogP contribution in [-0.4, -0.2) is 31.1 Å². The first-order valence-corrected chi connectivity index (χ1v) is 9.02. The Morgan fingerprint density at radius 2 is 2.08 bits per heavy atom. The number of urea groups is 1. The molecule has 1 aliphatic heterocycles. The summed E-state index contributed by atoms with van der Waals surface area (Å²) in [7, 11) is 1.65. The molecule has 2 aromatic carbocycles. The van der Waals surface area contributed by atoms with E-state index in [1.807, 2.05) is 17.0 Å². The first-order chi connectivity index (χ1) is 12.5. The third-order valence-corrected chi connectivity index (χ3v) is 5.05. The number of benzene rings is 2. The molecular formula is C20H22ClFN2O2. The monoisotopic (exact) mass is 376 g/mol. The van der Waals surface area contributed by atoms with Crippen molar-refractivity contribution in [3.8, 4) is 5.75 Å². The highest BCUT2D eigenvalue weighted by atomic mass is 35.5. The van der Waals surface area contributed by atoms with Crippen LogP contribution < -0.4 is 10.1 Å². The van der Waals surface area contributed by atoms with E-state index < -0.39 is 0 Å². The predicted molar refractivity (Wildman–Crippen MR) is 100 cm³/mol. The van der Waals surface area contributed by atoms with E-state index in [2.05, 4.69) is 17.4 Å². The van der Waals surface area contributed by atoms with Crippen molar-refractivity contribution in [3.05, 3.63) is 64.4 Å². The Hall–Kier alpha value is -2.27. The molecule has 1 saturated heterocycles. The summed E-state index contributed by atoms with van der Waals surface area (Å²) in [5.74, 6) is 0.912. The van der Waals surface area contributed by atoms with E-state index >= 15 is 0 Å². The smallest absolute Gasteiger partial charge is 0.317 e. The summed E-state index contributed by atoms with van der Waals surface area (Å²) < 4.78 is 18.2. The van der Waals surface area contributed by atoms with Gasteiger partial charge in [0.25, 0.3) is 0 Å². The second-order valence-electron chi connectivity index (χ2n) is 6.55. The average molecular weight is 377 g/mol. The number of methoxy groups -OCH3 is 1. The summed E-state index contributed by atoms with van der Waals surface area (Å²) in [6, 6.07) is 12.1. The van der Waals surface area contributed by atoms with Crippen molar-refractivity contribution < 1.29 is 13.9 Å². The van der Waals surface area contributed by atoms with Crippen LogP contribution in [-0.2, 0) is 13.0 Å².